The van der Waals surface area contributed by atoms with Crippen LogP contribution in [-0.4, -0.2) is 44.4 Å². The van der Waals surface area contributed by atoms with Gasteiger partial charge >= 0.3 is 5.97 Å². The molecule has 168 valence electrons. The lowest BCUT2D eigenvalue weighted by Gasteiger charge is -2.20. The highest BCUT2D eigenvalue weighted by molar-refractivity contribution is 7.89. The van der Waals surface area contributed by atoms with Crippen LogP contribution in [0.1, 0.15) is 49.2 Å². The van der Waals surface area contributed by atoms with Gasteiger partial charge in [-0.05, 0) is 62.6 Å². The molecule has 0 radical (unpaired) electrons. The molecule has 2 rings (SSSR count). The van der Waals surface area contributed by atoms with Crippen molar-refractivity contribution in [3.05, 3.63) is 65.2 Å². The number of hydrogen-bond acceptors (Lipinski definition) is 5. The molecular weight excluding hydrogens is 416 g/mol. The zero-order valence-electron chi connectivity index (χ0n) is 18.6. The summed E-state index contributed by atoms with van der Waals surface area (Å²) < 4.78 is 32.3. The number of nitrogens with one attached hydrogen (secondary N) is 1. The van der Waals surface area contributed by atoms with Crippen LogP contribution in [0.2, 0.25) is 0 Å². The molecule has 1 amide bonds. The van der Waals surface area contributed by atoms with Crippen molar-refractivity contribution >= 4 is 21.9 Å². The Labute approximate surface area is 184 Å². The number of amides is 1. The maximum absolute atomic E-state index is 12.3. The van der Waals surface area contributed by atoms with Crippen LogP contribution in [0, 0.1) is 0 Å². The number of hydrogen-bond donors (Lipinski definition) is 1. The minimum absolute atomic E-state index is 0.0453. The van der Waals surface area contributed by atoms with E-state index in [4.69, 9.17) is 4.74 Å². The van der Waals surface area contributed by atoms with Crippen LogP contribution >= 0.6 is 0 Å². The molecule has 31 heavy (non-hydrogen) atoms. The lowest BCUT2D eigenvalue weighted by atomic mass is 10.1. The largest absolute Gasteiger partial charge is 0.452 e. The maximum atomic E-state index is 12.3. The highest BCUT2D eigenvalue weighted by Gasteiger charge is 2.22. The van der Waals surface area contributed by atoms with E-state index in [9.17, 15) is 18.0 Å². The van der Waals surface area contributed by atoms with E-state index < -0.39 is 28.1 Å². The summed E-state index contributed by atoms with van der Waals surface area (Å²) in [6, 6.07) is 13.4. The molecule has 0 aliphatic carbocycles. The Bertz CT molecular complexity index is 1010. The average Bonchev–Trinajstić information content (AvgIpc) is 2.70. The summed E-state index contributed by atoms with van der Waals surface area (Å²) in [4.78, 5) is 26.1. The van der Waals surface area contributed by atoms with E-state index in [0.29, 0.717) is 6.54 Å². The first kappa shape index (κ1) is 24.6. The van der Waals surface area contributed by atoms with Crippen LogP contribution in [-0.2, 0) is 32.5 Å². The van der Waals surface area contributed by atoms with Crippen LogP contribution in [0.4, 0.5) is 0 Å². The molecule has 2 aromatic carbocycles. The number of nitrogens with zero attached hydrogens (tertiary/aromatic N) is 1. The first-order valence-electron chi connectivity index (χ1n) is 10.0. The summed E-state index contributed by atoms with van der Waals surface area (Å²) in [6.45, 7) is 7.32. The fourth-order valence-electron chi connectivity index (χ4n) is 2.80. The van der Waals surface area contributed by atoms with Gasteiger partial charge in [0.2, 0.25) is 10.0 Å². The second kappa shape index (κ2) is 10.1. The van der Waals surface area contributed by atoms with Gasteiger partial charge in [-0.15, -0.1) is 0 Å². The average molecular weight is 447 g/mol. The Balaban J connectivity index is 1.91. The third kappa shape index (κ3) is 7.48. The van der Waals surface area contributed by atoms with Crippen LogP contribution in [0.5, 0.6) is 0 Å². The highest BCUT2D eigenvalue weighted by atomic mass is 32.2. The number of ether oxygens (including phenoxy) is 1. The van der Waals surface area contributed by atoms with Crippen LogP contribution in [0.3, 0.4) is 0 Å². The monoisotopic (exact) mass is 446 g/mol. The van der Waals surface area contributed by atoms with Crippen LogP contribution in [0.25, 0.3) is 0 Å². The number of carbonyl (C=O) groups is 2. The van der Waals surface area contributed by atoms with Gasteiger partial charge in [0.05, 0.1) is 10.5 Å². The van der Waals surface area contributed by atoms with Crippen molar-refractivity contribution in [1.82, 2.24) is 9.62 Å². The smallest absolute Gasteiger partial charge is 0.338 e. The fraction of sp³-hybridized carbons (Fsp3) is 0.391. The standard InChI is InChI=1S/C23H30N2O5S/c1-6-17-7-9-18(10-8-17)15-25(5)21(26)16-30-22(27)19-11-13-20(14-12-19)31(28,29)24-23(2,3)4/h7-14,24H,6,15-16H2,1-5H3. The number of benzene rings is 2. The van der Waals surface area contributed by atoms with E-state index in [-0.39, 0.29) is 16.4 Å². The number of esters is 1. The Morgan fingerprint density at radius 2 is 1.52 bits per heavy atom. The van der Waals surface area contributed by atoms with Gasteiger partial charge in [0, 0.05) is 19.1 Å². The van der Waals surface area contributed by atoms with E-state index >= 15 is 0 Å². The second-order valence-electron chi connectivity index (χ2n) is 8.38. The molecule has 7 nitrogen and oxygen atoms in total. The molecule has 0 atom stereocenters. The molecule has 2 aromatic rings. The zero-order valence-corrected chi connectivity index (χ0v) is 19.5. The minimum Gasteiger partial charge on any atom is -0.452 e. The van der Waals surface area contributed by atoms with Gasteiger partial charge in [-0.3, -0.25) is 4.79 Å². The molecule has 8 heteroatoms. The number of rotatable bonds is 8. The molecular formula is C23H30N2O5S. The Hall–Kier alpha value is -2.71. The van der Waals surface area contributed by atoms with Gasteiger partial charge in [0.25, 0.3) is 5.91 Å². The normalized spacial score (nSPS) is 11.8. The quantitative estimate of drug-likeness (QED) is 0.629. The third-order valence-electron chi connectivity index (χ3n) is 4.44. The van der Waals surface area contributed by atoms with Crippen LogP contribution in [0.15, 0.2) is 53.4 Å². The Morgan fingerprint density at radius 3 is 2.03 bits per heavy atom. The summed E-state index contributed by atoms with van der Waals surface area (Å²) in [5.74, 6) is -1.02. The van der Waals surface area contributed by atoms with Crippen molar-refractivity contribution in [3.63, 3.8) is 0 Å². The summed E-state index contributed by atoms with van der Waals surface area (Å²) >= 11 is 0. The lowest BCUT2D eigenvalue weighted by Crippen LogP contribution is -2.40. The summed E-state index contributed by atoms with van der Waals surface area (Å²) in [5.41, 5.74) is 1.75. The SMILES string of the molecule is CCc1ccc(CN(C)C(=O)COC(=O)c2ccc(S(=O)(=O)NC(C)(C)C)cc2)cc1. The Morgan fingerprint density at radius 1 is 0.968 bits per heavy atom. The molecule has 0 saturated heterocycles. The first-order chi connectivity index (χ1) is 14.4. The van der Waals surface area contributed by atoms with Gasteiger partial charge in [0.1, 0.15) is 0 Å². The van der Waals surface area contributed by atoms with Gasteiger partial charge in [-0.25, -0.2) is 17.9 Å². The molecule has 0 heterocycles. The van der Waals surface area contributed by atoms with Crippen molar-refractivity contribution in [2.45, 2.75) is 51.1 Å². The molecule has 0 aliphatic heterocycles. The number of likely N-dealkylation sites (N-methyl/N-ethyl adjacent to an activating group) is 1. The van der Waals surface area contributed by atoms with Crippen molar-refractivity contribution < 1.29 is 22.7 Å². The first-order valence-corrected chi connectivity index (χ1v) is 11.5. The fourth-order valence-corrected chi connectivity index (χ4v) is 4.21. The summed E-state index contributed by atoms with van der Waals surface area (Å²) in [7, 11) is -2.05. The summed E-state index contributed by atoms with van der Waals surface area (Å²) in [6.07, 6.45) is 0.949. The highest BCUT2D eigenvalue weighted by Crippen LogP contribution is 2.15. The third-order valence-corrected chi connectivity index (χ3v) is 6.22. The second-order valence-corrected chi connectivity index (χ2v) is 10.1. The van der Waals surface area contributed by atoms with Crippen molar-refractivity contribution in [1.29, 1.82) is 0 Å². The number of carbonyl (C=O) groups excluding carboxylic acids is 2. The van der Waals surface area contributed by atoms with Crippen molar-refractivity contribution in [3.8, 4) is 0 Å². The van der Waals surface area contributed by atoms with Crippen LogP contribution < -0.4 is 4.72 Å². The van der Waals surface area contributed by atoms with E-state index in [1.54, 1.807) is 27.8 Å². The van der Waals surface area contributed by atoms with Gasteiger partial charge in [0.15, 0.2) is 6.61 Å². The Kier molecular flexibility index (Phi) is 7.97. The molecule has 0 fully saturated rings. The predicted octanol–water partition coefficient (Wildman–Crippen LogP) is 3.14. The van der Waals surface area contributed by atoms with E-state index in [2.05, 4.69) is 11.6 Å². The molecule has 0 spiro atoms. The maximum Gasteiger partial charge on any atom is 0.338 e. The molecule has 0 aromatic heterocycles. The molecule has 0 bridgehead atoms. The summed E-state index contributed by atoms with van der Waals surface area (Å²) in [5, 5.41) is 0. The lowest BCUT2D eigenvalue weighted by molar-refractivity contribution is -0.133. The van der Waals surface area contributed by atoms with E-state index in [0.717, 1.165) is 12.0 Å². The predicted molar refractivity (Wildman–Crippen MR) is 119 cm³/mol. The van der Waals surface area contributed by atoms with E-state index in [1.165, 1.54) is 34.7 Å². The van der Waals surface area contributed by atoms with Gasteiger partial charge < -0.3 is 9.64 Å². The topological polar surface area (TPSA) is 92.8 Å². The van der Waals surface area contributed by atoms with Gasteiger partial charge in [-0.2, -0.15) is 0 Å². The molecule has 0 saturated carbocycles. The van der Waals surface area contributed by atoms with Crippen molar-refractivity contribution in [2.75, 3.05) is 13.7 Å². The molecule has 0 unspecified atom stereocenters. The number of aryl methyl sites for hydroxylation is 1. The van der Waals surface area contributed by atoms with E-state index in [1.807, 2.05) is 24.3 Å². The number of sulfonamides is 1. The minimum atomic E-state index is -3.69. The van der Waals surface area contributed by atoms with Gasteiger partial charge in [-0.1, -0.05) is 31.2 Å². The molecule has 1 N–H and O–H groups in total. The van der Waals surface area contributed by atoms with Crippen molar-refractivity contribution in [2.24, 2.45) is 0 Å². The zero-order chi connectivity index (χ0) is 23.2. The molecule has 0 aliphatic rings.